The molecule has 82 valence electrons. The molecule has 0 aliphatic carbocycles. The van der Waals surface area contributed by atoms with Gasteiger partial charge in [0.1, 0.15) is 11.6 Å². The van der Waals surface area contributed by atoms with Crippen LogP contribution in [0.4, 0.5) is 8.78 Å². The van der Waals surface area contributed by atoms with Gasteiger partial charge in [-0.1, -0.05) is 0 Å². The lowest BCUT2D eigenvalue weighted by Crippen LogP contribution is -2.21. The fourth-order valence-electron chi connectivity index (χ4n) is 1.43. The summed E-state index contributed by atoms with van der Waals surface area (Å²) in [4.78, 5) is 0. The van der Waals surface area contributed by atoms with Crippen molar-refractivity contribution in [3.8, 4) is 0 Å². The van der Waals surface area contributed by atoms with Crippen molar-refractivity contribution in [2.45, 2.75) is 12.4 Å². The molecule has 0 amide bonds. The Kier molecular flexibility index (Phi) is 2.95. The van der Waals surface area contributed by atoms with Gasteiger partial charge >= 0.3 is 0 Å². The Bertz CT molecular complexity index is 359. The molecule has 2 N–H and O–H groups in total. The highest BCUT2D eigenvalue weighted by molar-refractivity contribution is 5.20. The molecule has 0 spiro atoms. The number of benzene rings is 1. The van der Waals surface area contributed by atoms with Crippen molar-refractivity contribution >= 4 is 0 Å². The number of halogens is 2. The monoisotopic (exact) mass is 215 g/mol. The minimum Gasteiger partial charge on any atom is -0.346 e. The van der Waals surface area contributed by atoms with Crippen molar-refractivity contribution in [3.63, 3.8) is 0 Å². The quantitative estimate of drug-likeness (QED) is 0.809. The summed E-state index contributed by atoms with van der Waals surface area (Å²) in [5.41, 5.74) is 5.44. The second-order valence-electron chi connectivity index (χ2n) is 3.32. The first-order valence-electron chi connectivity index (χ1n) is 4.63. The first-order valence-corrected chi connectivity index (χ1v) is 4.63. The van der Waals surface area contributed by atoms with E-state index in [0.29, 0.717) is 13.2 Å². The van der Waals surface area contributed by atoms with Gasteiger partial charge in [0, 0.05) is 12.1 Å². The smallest absolute Gasteiger partial charge is 0.187 e. The Hall–Kier alpha value is -1.04. The van der Waals surface area contributed by atoms with Crippen LogP contribution in [0.2, 0.25) is 0 Å². The van der Waals surface area contributed by atoms with E-state index in [4.69, 9.17) is 15.2 Å². The van der Waals surface area contributed by atoms with Crippen LogP contribution in [0.15, 0.2) is 18.2 Å². The van der Waals surface area contributed by atoms with E-state index in [-0.39, 0.29) is 11.7 Å². The highest BCUT2D eigenvalue weighted by atomic mass is 19.1. The van der Waals surface area contributed by atoms with Crippen molar-refractivity contribution in [3.05, 3.63) is 35.4 Å². The molecule has 5 heteroatoms. The van der Waals surface area contributed by atoms with Gasteiger partial charge in [-0.3, -0.25) is 0 Å². The molecule has 1 aromatic carbocycles. The standard InChI is InChI=1S/C10H11F2NO2/c11-6-1-2-9(12)8(3-6)10-14-5-7(4-13)15-10/h1-3,7,10H,4-5,13H2. The number of hydrogen-bond acceptors (Lipinski definition) is 3. The third-order valence-corrected chi connectivity index (χ3v) is 2.22. The van der Waals surface area contributed by atoms with Gasteiger partial charge in [0.2, 0.25) is 0 Å². The van der Waals surface area contributed by atoms with Gasteiger partial charge in [-0.05, 0) is 18.2 Å². The molecule has 2 rings (SSSR count). The van der Waals surface area contributed by atoms with Gasteiger partial charge in [0.25, 0.3) is 0 Å². The zero-order chi connectivity index (χ0) is 10.8. The van der Waals surface area contributed by atoms with E-state index in [2.05, 4.69) is 0 Å². The number of hydrogen-bond donors (Lipinski definition) is 1. The van der Waals surface area contributed by atoms with Gasteiger partial charge in [-0.15, -0.1) is 0 Å². The number of ether oxygens (including phenoxy) is 2. The van der Waals surface area contributed by atoms with E-state index in [1.165, 1.54) is 0 Å². The molecule has 0 aromatic heterocycles. The topological polar surface area (TPSA) is 44.5 Å². The van der Waals surface area contributed by atoms with Crippen LogP contribution in [0.3, 0.4) is 0 Å². The van der Waals surface area contributed by atoms with Crippen LogP contribution in [-0.2, 0) is 9.47 Å². The SMILES string of the molecule is NCC1COC(c2cc(F)ccc2F)O1. The van der Waals surface area contributed by atoms with Gasteiger partial charge in [-0.25, -0.2) is 8.78 Å². The minimum atomic E-state index is -0.853. The van der Waals surface area contributed by atoms with E-state index < -0.39 is 17.9 Å². The van der Waals surface area contributed by atoms with Crippen LogP contribution in [0, 0.1) is 11.6 Å². The molecular formula is C10H11F2NO2. The lowest BCUT2D eigenvalue weighted by atomic mass is 10.2. The summed E-state index contributed by atoms with van der Waals surface area (Å²) in [6.07, 6.45) is -1.10. The van der Waals surface area contributed by atoms with E-state index in [0.717, 1.165) is 18.2 Å². The van der Waals surface area contributed by atoms with Crippen LogP contribution in [0.25, 0.3) is 0 Å². The van der Waals surface area contributed by atoms with Gasteiger partial charge in [0.15, 0.2) is 6.29 Å². The Labute approximate surface area is 85.8 Å². The maximum Gasteiger partial charge on any atom is 0.187 e. The molecule has 0 bridgehead atoms. The molecular weight excluding hydrogens is 204 g/mol. The van der Waals surface area contributed by atoms with Gasteiger partial charge in [-0.2, -0.15) is 0 Å². The minimum absolute atomic E-state index is 0.0750. The molecule has 15 heavy (non-hydrogen) atoms. The zero-order valence-electron chi connectivity index (χ0n) is 7.95. The summed E-state index contributed by atoms with van der Waals surface area (Å²) in [5, 5.41) is 0. The molecule has 2 atom stereocenters. The fraction of sp³-hybridized carbons (Fsp3) is 0.400. The van der Waals surface area contributed by atoms with Crippen molar-refractivity contribution in [1.82, 2.24) is 0 Å². The predicted octanol–water partition coefficient (Wildman–Crippen LogP) is 1.34. The summed E-state index contributed by atoms with van der Waals surface area (Å²) in [6, 6.07) is 3.17. The van der Waals surface area contributed by atoms with E-state index in [9.17, 15) is 8.78 Å². The molecule has 0 saturated carbocycles. The molecule has 2 unspecified atom stereocenters. The summed E-state index contributed by atoms with van der Waals surface area (Å²) in [7, 11) is 0. The molecule has 1 heterocycles. The predicted molar refractivity (Wildman–Crippen MR) is 49.0 cm³/mol. The summed E-state index contributed by atoms with van der Waals surface area (Å²) in [6.45, 7) is 0.602. The van der Waals surface area contributed by atoms with Crippen LogP contribution in [0.1, 0.15) is 11.9 Å². The van der Waals surface area contributed by atoms with Crippen LogP contribution >= 0.6 is 0 Å². The summed E-state index contributed by atoms with van der Waals surface area (Å²) < 4.78 is 36.6. The van der Waals surface area contributed by atoms with Crippen molar-refractivity contribution in [2.24, 2.45) is 5.73 Å². The fourth-order valence-corrected chi connectivity index (χ4v) is 1.43. The third kappa shape index (κ3) is 2.14. The normalized spacial score (nSPS) is 25.8. The van der Waals surface area contributed by atoms with E-state index in [1.54, 1.807) is 0 Å². The first kappa shape index (κ1) is 10.5. The Morgan fingerprint density at radius 1 is 1.40 bits per heavy atom. The average Bonchev–Trinajstić information content (AvgIpc) is 2.70. The lowest BCUT2D eigenvalue weighted by molar-refractivity contribution is -0.0609. The molecule has 0 radical (unpaired) electrons. The van der Waals surface area contributed by atoms with Crippen molar-refractivity contribution in [2.75, 3.05) is 13.2 Å². The third-order valence-electron chi connectivity index (χ3n) is 2.22. The summed E-state index contributed by atoms with van der Waals surface area (Å²) >= 11 is 0. The number of rotatable bonds is 2. The van der Waals surface area contributed by atoms with Crippen molar-refractivity contribution in [1.29, 1.82) is 0 Å². The maximum atomic E-state index is 13.3. The zero-order valence-corrected chi connectivity index (χ0v) is 7.95. The highest BCUT2D eigenvalue weighted by Crippen LogP contribution is 2.28. The molecule has 1 aromatic rings. The van der Waals surface area contributed by atoms with Gasteiger partial charge in [0.05, 0.1) is 12.7 Å². The van der Waals surface area contributed by atoms with Gasteiger partial charge < -0.3 is 15.2 Å². The van der Waals surface area contributed by atoms with E-state index >= 15 is 0 Å². The number of nitrogens with two attached hydrogens (primary N) is 1. The molecule has 1 saturated heterocycles. The van der Waals surface area contributed by atoms with Crippen molar-refractivity contribution < 1.29 is 18.3 Å². The Balaban J connectivity index is 2.19. The van der Waals surface area contributed by atoms with Crippen LogP contribution in [-0.4, -0.2) is 19.3 Å². The van der Waals surface area contributed by atoms with Crippen LogP contribution in [0.5, 0.6) is 0 Å². The molecule has 3 nitrogen and oxygen atoms in total. The molecule has 1 aliphatic rings. The average molecular weight is 215 g/mol. The summed E-state index contributed by atoms with van der Waals surface area (Å²) in [5.74, 6) is -1.06. The lowest BCUT2D eigenvalue weighted by Gasteiger charge is -2.11. The molecule has 1 aliphatic heterocycles. The van der Waals surface area contributed by atoms with Crippen LogP contribution < -0.4 is 5.73 Å². The largest absolute Gasteiger partial charge is 0.346 e. The second-order valence-corrected chi connectivity index (χ2v) is 3.32. The Morgan fingerprint density at radius 2 is 2.20 bits per heavy atom. The second kappa shape index (κ2) is 4.22. The van der Waals surface area contributed by atoms with E-state index in [1.807, 2.05) is 0 Å². The maximum absolute atomic E-state index is 13.3. The Morgan fingerprint density at radius 3 is 2.87 bits per heavy atom. The first-order chi connectivity index (χ1) is 7.20. The molecule has 1 fully saturated rings. The highest BCUT2D eigenvalue weighted by Gasteiger charge is 2.28.